The van der Waals surface area contributed by atoms with E-state index in [-0.39, 0.29) is 11.4 Å². The molecule has 0 fully saturated rings. The van der Waals surface area contributed by atoms with E-state index in [1.165, 1.54) is 25.9 Å². The summed E-state index contributed by atoms with van der Waals surface area (Å²) in [4.78, 5) is 49.8. The zero-order valence-electron chi connectivity index (χ0n) is 17.2. The van der Waals surface area contributed by atoms with Crippen molar-refractivity contribution < 1.29 is 14.3 Å². The predicted molar refractivity (Wildman–Crippen MR) is 118 cm³/mol. The van der Waals surface area contributed by atoms with Gasteiger partial charge in [0.2, 0.25) is 0 Å². The molecule has 10 heteroatoms. The molecule has 1 N–H and O–H groups in total. The van der Waals surface area contributed by atoms with Crippen LogP contribution in [0.4, 0.5) is 5.82 Å². The highest BCUT2D eigenvalue weighted by Gasteiger charge is 2.17. The normalized spacial score (nSPS) is 10.3. The number of nitrogens with one attached hydrogen (secondary N) is 1. The van der Waals surface area contributed by atoms with E-state index in [4.69, 9.17) is 4.74 Å². The first kappa shape index (κ1) is 22.6. The minimum atomic E-state index is -0.726. The number of esters is 1. The molecule has 0 spiro atoms. The second-order valence-corrected chi connectivity index (χ2v) is 7.68. The van der Waals surface area contributed by atoms with Crippen molar-refractivity contribution in [3.05, 3.63) is 86.6 Å². The van der Waals surface area contributed by atoms with E-state index in [0.29, 0.717) is 15.4 Å². The number of nitrogens with zero attached hydrogens (tertiary/aromatic N) is 3. The lowest BCUT2D eigenvalue weighted by Gasteiger charge is -2.12. The molecule has 0 aliphatic carbocycles. The van der Waals surface area contributed by atoms with Crippen LogP contribution in [-0.2, 0) is 23.6 Å². The number of hydrogen-bond donors (Lipinski definition) is 1. The standard InChI is InChI=1S/C22H18N4O5S/c1-25-18(11-20(28)26(2)22(25)30)24-19(27)13-31-21(29)15-8-4-6-10-17(15)32-16-9-5-3-7-14(16)12-23/h3-11H,13H2,1-2H3,(H,24,27). The Balaban J connectivity index is 1.71. The monoisotopic (exact) mass is 450 g/mol. The molecule has 0 aliphatic rings. The minimum Gasteiger partial charge on any atom is -0.452 e. The molecule has 0 unspecified atom stereocenters. The van der Waals surface area contributed by atoms with E-state index in [1.807, 2.05) is 0 Å². The zero-order chi connectivity index (χ0) is 23.3. The third-order valence-corrected chi connectivity index (χ3v) is 5.61. The van der Waals surface area contributed by atoms with E-state index in [0.717, 1.165) is 15.2 Å². The molecule has 0 atom stereocenters. The van der Waals surface area contributed by atoms with Gasteiger partial charge < -0.3 is 10.1 Å². The number of carbonyl (C=O) groups is 2. The smallest absolute Gasteiger partial charge is 0.339 e. The average molecular weight is 450 g/mol. The Morgan fingerprint density at radius 1 is 1.03 bits per heavy atom. The lowest BCUT2D eigenvalue weighted by Crippen LogP contribution is -2.38. The van der Waals surface area contributed by atoms with Crippen molar-refractivity contribution in [1.82, 2.24) is 9.13 Å². The summed E-state index contributed by atoms with van der Waals surface area (Å²) in [6, 6.07) is 16.9. The van der Waals surface area contributed by atoms with E-state index in [9.17, 15) is 24.4 Å². The van der Waals surface area contributed by atoms with Crippen molar-refractivity contribution in [2.24, 2.45) is 14.1 Å². The van der Waals surface area contributed by atoms with Gasteiger partial charge in [0.05, 0.1) is 11.1 Å². The van der Waals surface area contributed by atoms with Gasteiger partial charge in [0, 0.05) is 30.0 Å². The largest absolute Gasteiger partial charge is 0.452 e. The second-order valence-electron chi connectivity index (χ2n) is 6.60. The van der Waals surface area contributed by atoms with E-state index in [2.05, 4.69) is 11.4 Å². The van der Waals surface area contributed by atoms with Crippen LogP contribution in [0.5, 0.6) is 0 Å². The molecule has 9 nitrogen and oxygen atoms in total. The van der Waals surface area contributed by atoms with Gasteiger partial charge in [-0.25, -0.2) is 9.59 Å². The highest BCUT2D eigenvalue weighted by Crippen LogP contribution is 2.32. The zero-order valence-corrected chi connectivity index (χ0v) is 18.0. The molecular weight excluding hydrogens is 432 g/mol. The van der Waals surface area contributed by atoms with Crippen molar-refractivity contribution in [2.45, 2.75) is 9.79 Å². The number of nitriles is 1. The first-order valence-electron chi connectivity index (χ1n) is 9.32. The summed E-state index contributed by atoms with van der Waals surface area (Å²) in [5.41, 5.74) is -0.476. The molecule has 1 aromatic heterocycles. The van der Waals surface area contributed by atoms with Crippen LogP contribution in [0.15, 0.2) is 74.0 Å². The van der Waals surface area contributed by atoms with Crippen LogP contribution in [0.2, 0.25) is 0 Å². The highest BCUT2D eigenvalue weighted by molar-refractivity contribution is 7.99. The lowest BCUT2D eigenvalue weighted by molar-refractivity contribution is -0.119. The maximum absolute atomic E-state index is 12.6. The van der Waals surface area contributed by atoms with Crippen LogP contribution in [0.25, 0.3) is 0 Å². The minimum absolute atomic E-state index is 0.0109. The molecule has 0 saturated carbocycles. The van der Waals surface area contributed by atoms with Gasteiger partial charge >= 0.3 is 11.7 Å². The SMILES string of the molecule is Cn1c(NC(=O)COC(=O)c2ccccc2Sc2ccccc2C#N)cc(=O)n(C)c1=O. The van der Waals surface area contributed by atoms with Crippen molar-refractivity contribution in [3.8, 4) is 6.07 Å². The maximum atomic E-state index is 12.6. The number of benzene rings is 2. The Labute approximate surface area is 186 Å². The molecule has 162 valence electrons. The molecule has 0 radical (unpaired) electrons. The van der Waals surface area contributed by atoms with E-state index in [1.54, 1.807) is 48.5 Å². The van der Waals surface area contributed by atoms with Crippen molar-refractivity contribution >= 4 is 29.5 Å². The highest BCUT2D eigenvalue weighted by atomic mass is 32.2. The molecule has 2 aromatic carbocycles. The Hall–Kier alpha value is -4.10. The number of ether oxygens (including phenoxy) is 1. The van der Waals surface area contributed by atoms with Crippen LogP contribution in [0, 0.1) is 11.3 Å². The van der Waals surface area contributed by atoms with Crippen molar-refractivity contribution in [2.75, 3.05) is 11.9 Å². The topological polar surface area (TPSA) is 123 Å². The Kier molecular flexibility index (Phi) is 6.92. The van der Waals surface area contributed by atoms with Gasteiger partial charge in [-0.2, -0.15) is 5.26 Å². The molecular formula is C22H18N4O5S. The van der Waals surface area contributed by atoms with Crippen LogP contribution in [-0.4, -0.2) is 27.6 Å². The van der Waals surface area contributed by atoms with E-state index >= 15 is 0 Å². The molecule has 1 amide bonds. The summed E-state index contributed by atoms with van der Waals surface area (Å²) in [5.74, 6) is -1.44. The summed E-state index contributed by atoms with van der Waals surface area (Å²) in [7, 11) is 2.72. The third-order valence-electron chi connectivity index (χ3n) is 4.46. The first-order valence-corrected chi connectivity index (χ1v) is 10.1. The third kappa shape index (κ3) is 4.96. The number of carbonyl (C=O) groups excluding carboxylic acids is 2. The fourth-order valence-electron chi connectivity index (χ4n) is 2.73. The van der Waals surface area contributed by atoms with Crippen LogP contribution >= 0.6 is 11.8 Å². The first-order chi connectivity index (χ1) is 15.3. The molecule has 0 bridgehead atoms. The predicted octanol–water partition coefficient (Wildman–Crippen LogP) is 1.90. The van der Waals surface area contributed by atoms with Gasteiger partial charge in [-0.05, 0) is 24.3 Å². The van der Waals surface area contributed by atoms with Gasteiger partial charge in [0.15, 0.2) is 6.61 Å². The van der Waals surface area contributed by atoms with Gasteiger partial charge in [-0.1, -0.05) is 36.0 Å². The quantitative estimate of drug-likeness (QED) is 0.569. The fourth-order valence-corrected chi connectivity index (χ4v) is 3.75. The summed E-state index contributed by atoms with van der Waals surface area (Å²) in [6.45, 7) is -0.615. The van der Waals surface area contributed by atoms with Gasteiger partial charge in [0.1, 0.15) is 11.9 Å². The molecule has 32 heavy (non-hydrogen) atoms. The maximum Gasteiger partial charge on any atom is 0.339 e. The number of rotatable bonds is 6. The molecule has 1 heterocycles. The average Bonchev–Trinajstić information content (AvgIpc) is 2.80. The number of anilines is 1. The Bertz CT molecular complexity index is 1350. The summed E-state index contributed by atoms with van der Waals surface area (Å²) in [5, 5.41) is 11.7. The van der Waals surface area contributed by atoms with Crippen molar-refractivity contribution in [1.29, 1.82) is 5.26 Å². The number of amides is 1. The fraction of sp³-hybridized carbons (Fsp3) is 0.136. The van der Waals surface area contributed by atoms with Crippen LogP contribution in [0.3, 0.4) is 0 Å². The molecule has 0 saturated heterocycles. The summed E-state index contributed by atoms with van der Waals surface area (Å²) >= 11 is 1.24. The van der Waals surface area contributed by atoms with Gasteiger partial charge in [-0.3, -0.25) is 18.7 Å². The van der Waals surface area contributed by atoms with Gasteiger partial charge in [-0.15, -0.1) is 0 Å². The Morgan fingerprint density at radius 3 is 2.41 bits per heavy atom. The molecule has 3 rings (SSSR count). The van der Waals surface area contributed by atoms with E-state index < -0.39 is 29.7 Å². The Morgan fingerprint density at radius 2 is 1.69 bits per heavy atom. The molecule has 3 aromatic rings. The van der Waals surface area contributed by atoms with Gasteiger partial charge in [0.25, 0.3) is 11.5 Å². The summed E-state index contributed by atoms with van der Waals surface area (Å²) < 4.78 is 7.12. The van der Waals surface area contributed by atoms with Crippen LogP contribution < -0.4 is 16.6 Å². The van der Waals surface area contributed by atoms with Crippen molar-refractivity contribution in [3.63, 3.8) is 0 Å². The lowest BCUT2D eigenvalue weighted by atomic mass is 10.2. The second kappa shape index (κ2) is 9.80. The number of aromatic nitrogens is 2. The summed E-state index contributed by atoms with van der Waals surface area (Å²) in [6.07, 6.45) is 0. The molecule has 0 aliphatic heterocycles. The number of hydrogen-bond acceptors (Lipinski definition) is 7. The van der Waals surface area contributed by atoms with Crippen LogP contribution in [0.1, 0.15) is 15.9 Å².